The smallest absolute Gasteiger partial charge is 0.229 e. The van der Waals surface area contributed by atoms with Crippen LogP contribution in [0.4, 0.5) is 14.5 Å². The summed E-state index contributed by atoms with van der Waals surface area (Å²) in [5.41, 5.74) is 6.18. The van der Waals surface area contributed by atoms with Gasteiger partial charge in [0.2, 0.25) is 5.91 Å². The molecule has 0 aliphatic heterocycles. The Morgan fingerprint density at radius 1 is 1.27 bits per heavy atom. The van der Waals surface area contributed by atoms with Crippen LogP contribution in [0.15, 0.2) is 12.1 Å². The molecular formula is C15H19ClF2N2O2. The number of fused-ring (bicyclic) bond motifs is 2. The van der Waals surface area contributed by atoms with Crippen LogP contribution in [0.3, 0.4) is 0 Å². The van der Waals surface area contributed by atoms with Gasteiger partial charge in [0.15, 0.2) is 17.4 Å². The number of hydrogen-bond acceptors (Lipinski definition) is 3. The number of amides is 1. The number of rotatable bonds is 3. The summed E-state index contributed by atoms with van der Waals surface area (Å²) >= 11 is 0. The zero-order chi connectivity index (χ0) is 15.1. The predicted molar refractivity (Wildman–Crippen MR) is 81.1 cm³/mol. The molecular weight excluding hydrogens is 314 g/mol. The normalized spacial score (nSPS) is 29.1. The topological polar surface area (TPSA) is 64.3 Å². The SMILES string of the molecule is COc1c(F)cc(NC(=O)C2C3CCC(C3)C2N)cc1F.Cl. The van der Waals surface area contributed by atoms with Crippen LogP contribution in [0.1, 0.15) is 19.3 Å². The fraction of sp³-hybridized carbons (Fsp3) is 0.533. The van der Waals surface area contributed by atoms with Crippen LogP contribution in [0.2, 0.25) is 0 Å². The number of nitrogens with one attached hydrogen (secondary N) is 1. The number of carbonyl (C=O) groups excluding carboxylic acids is 1. The number of methoxy groups -OCH3 is 1. The maximum atomic E-state index is 13.6. The van der Waals surface area contributed by atoms with Crippen LogP contribution in [0.25, 0.3) is 0 Å². The van der Waals surface area contributed by atoms with Gasteiger partial charge in [-0.25, -0.2) is 8.78 Å². The molecule has 3 rings (SSSR count). The predicted octanol–water partition coefficient (Wildman–Crippen LogP) is 2.71. The van der Waals surface area contributed by atoms with Crippen molar-refractivity contribution >= 4 is 24.0 Å². The fourth-order valence-electron chi connectivity index (χ4n) is 3.78. The van der Waals surface area contributed by atoms with Crippen molar-refractivity contribution in [2.24, 2.45) is 23.5 Å². The molecule has 4 nitrogen and oxygen atoms in total. The molecule has 4 unspecified atom stereocenters. The molecule has 0 heterocycles. The second-order valence-electron chi connectivity index (χ2n) is 5.90. The van der Waals surface area contributed by atoms with Gasteiger partial charge < -0.3 is 15.8 Å². The van der Waals surface area contributed by atoms with E-state index in [4.69, 9.17) is 5.73 Å². The molecule has 4 atom stereocenters. The molecule has 0 radical (unpaired) electrons. The van der Waals surface area contributed by atoms with E-state index in [0.717, 1.165) is 31.4 Å². The molecule has 122 valence electrons. The molecule has 1 aromatic rings. The van der Waals surface area contributed by atoms with Crippen molar-refractivity contribution in [3.05, 3.63) is 23.8 Å². The molecule has 0 spiro atoms. The minimum absolute atomic E-state index is 0. The van der Waals surface area contributed by atoms with Crippen molar-refractivity contribution in [1.29, 1.82) is 0 Å². The number of carbonyl (C=O) groups is 1. The summed E-state index contributed by atoms with van der Waals surface area (Å²) in [5, 5.41) is 2.58. The molecule has 2 aliphatic carbocycles. The molecule has 2 fully saturated rings. The zero-order valence-electron chi connectivity index (χ0n) is 12.1. The van der Waals surface area contributed by atoms with E-state index in [1.807, 2.05) is 0 Å². The van der Waals surface area contributed by atoms with Gasteiger partial charge in [-0.05, 0) is 31.1 Å². The summed E-state index contributed by atoms with van der Waals surface area (Å²) < 4.78 is 31.9. The van der Waals surface area contributed by atoms with Gasteiger partial charge in [0, 0.05) is 23.9 Å². The van der Waals surface area contributed by atoms with Crippen molar-refractivity contribution in [3.8, 4) is 5.75 Å². The highest BCUT2D eigenvalue weighted by Crippen LogP contribution is 2.48. The number of benzene rings is 1. The molecule has 2 aliphatic rings. The summed E-state index contributed by atoms with van der Waals surface area (Å²) in [7, 11) is 1.19. The maximum Gasteiger partial charge on any atom is 0.229 e. The van der Waals surface area contributed by atoms with Crippen LogP contribution in [0.5, 0.6) is 5.75 Å². The average Bonchev–Trinajstić information content (AvgIpc) is 2.98. The van der Waals surface area contributed by atoms with E-state index in [1.54, 1.807) is 0 Å². The highest BCUT2D eigenvalue weighted by Gasteiger charge is 2.49. The third-order valence-electron chi connectivity index (χ3n) is 4.75. The first-order chi connectivity index (χ1) is 10.0. The van der Waals surface area contributed by atoms with E-state index in [1.165, 1.54) is 7.11 Å². The second-order valence-corrected chi connectivity index (χ2v) is 5.90. The van der Waals surface area contributed by atoms with E-state index in [-0.39, 0.29) is 41.9 Å². The van der Waals surface area contributed by atoms with E-state index in [2.05, 4.69) is 10.1 Å². The Hall–Kier alpha value is -1.40. The van der Waals surface area contributed by atoms with Crippen LogP contribution >= 0.6 is 12.4 Å². The Labute approximate surface area is 133 Å². The molecule has 2 saturated carbocycles. The Bertz CT molecular complexity index is 560. The molecule has 0 aromatic heterocycles. The van der Waals surface area contributed by atoms with Gasteiger partial charge in [-0.3, -0.25) is 4.79 Å². The van der Waals surface area contributed by atoms with E-state index < -0.39 is 17.4 Å². The first kappa shape index (κ1) is 17.0. The quantitative estimate of drug-likeness (QED) is 0.894. The van der Waals surface area contributed by atoms with E-state index >= 15 is 0 Å². The van der Waals surface area contributed by atoms with Gasteiger partial charge >= 0.3 is 0 Å². The largest absolute Gasteiger partial charge is 0.491 e. The first-order valence-electron chi connectivity index (χ1n) is 7.10. The molecule has 22 heavy (non-hydrogen) atoms. The highest BCUT2D eigenvalue weighted by molar-refractivity contribution is 5.93. The average molecular weight is 333 g/mol. The van der Waals surface area contributed by atoms with Crippen molar-refractivity contribution < 1.29 is 18.3 Å². The Morgan fingerprint density at radius 3 is 2.36 bits per heavy atom. The lowest BCUT2D eigenvalue weighted by Crippen LogP contribution is -2.42. The van der Waals surface area contributed by atoms with Crippen LogP contribution in [-0.4, -0.2) is 19.1 Å². The summed E-state index contributed by atoms with van der Waals surface area (Å²) in [4.78, 5) is 12.3. The van der Waals surface area contributed by atoms with Crippen molar-refractivity contribution in [1.82, 2.24) is 0 Å². The highest BCUT2D eigenvalue weighted by atomic mass is 35.5. The summed E-state index contributed by atoms with van der Waals surface area (Å²) in [6, 6.07) is 1.95. The maximum absolute atomic E-state index is 13.6. The second kappa shape index (κ2) is 6.38. The lowest BCUT2D eigenvalue weighted by molar-refractivity contribution is -0.121. The minimum atomic E-state index is -0.843. The monoisotopic (exact) mass is 332 g/mol. The molecule has 2 bridgehead atoms. The van der Waals surface area contributed by atoms with Crippen molar-refractivity contribution in [2.75, 3.05) is 12.4 Å². The lowest BCUT2D eigenvalue weighted by Gasteiger charge is -2.27. The third kappa shape index (κ3) is 2.77. The van der Waals surface area contributed by atoms with Gasteiger partial charge in [0.05, 0.1) is 13.0 Å². The number of hydrogen-bond donors (Lipinski definition) is 2. The number of nitrogens with two attached hydrogens (primary N) is 1. The lowest BCUT2D eigenvalue weighted by atomic mass is 9.84. The summed E-state index contributed by atoms with van der Waals surface area (Å²) in [6.07, 6.45) is 3.05. The standard InChI is InChI=1S/C15H18F2N2O2.ClH/c1-21-14-10(16)5-9(6-11(14)17)19-15(20)12-7-2-3-8(4-7)13(12)18;/h5-8,12-13H,2-4,18H2,1H3,(H,19,20);1H. The Kier molecular flexibility index (Phi) is 4.92. The van der Waals surface area contributed by atoms with Gasteiger partial charge in [0.25, 0.3) is 0 Å². The number of halogens is 3. The zero-order valence-corrected chi connectivity index (χ0v) is 13.0. The van der Waals surface area contributed by atoms with Gasteiger partial charge in [-0.2, -0.15) is 0 Å². The molecule has 7 heteroatoms. The van der Waals surface area contributed by atoms with Gasteiger partial charge in [-0.15, -0.1) is 12.4 Å². The van der Waals surface area contributed by atoms with E-state index in [0.29, 0.717) is 5.92 Å². The fourth-order valence-corrected chi connectivity index (χ4v) is 3.78. The summed E-state index contributed by atoms with van der Waals surface area (Å²) in [5.74, 6) is -1.97. The van der Waals surface area contributed by atoms with E-state index in [9.17, 15) is 13.6 Å². The van der Waals surface area contributed by atoms with Crippen molar-refractivity contribution in [3.63, 3.8) is 0 Å². The van der Waals surface area contributed by atoms with Crippen molar-refractivity contribution in [2.45, 2.75) is 25.3 Å². The number of anilines is 1. The number of ether oxygens (including phenoxy) is 1. The van der Waals surface area contributed by atoms with Gasteiger partial charge in [-0.1, -0.05) is 0 Å². The Balaban J connectivity index is 0.00000176. The van der Waals surface area contributed by atoms with Crippen LogP contribution in [0, 0.1) is 29.4 Å². The summed E-state index contributed by atoms with van der Waals surface area (Å²) in [6.45, 7) is 0. The van der Waals surface area contributed by atoms with Crippen LogP contribution < -0.4 is 15.8 Å². The van der Waals surface area contributed by atoms with Gasteiger partial charge in [0.1, 0.15) is 0 Å². The molecule has 0 saturated heterocycles. The van der Waals surface area contributed by atoms with Crippen LogP contribution in [-0.2, 0) is 4.79 Å². The molecule has 1 aromatic carbocycles. The Morgan fingerprint density at radius 2 is 1.86 bits per heavy atom. The minimum Gasteiger partial charge on any atom is -0.491 e. The molecule has 3 N–H and O–H groups in total. The molecule has 1 amide bonds. The first-order valence-corrected chi connectivity index (χ1v) is 7.10. The third-order valence-corrected chi connectivity index (χ3v) is 4.75.